The van der Waals surface area contributed by atoms with Crippen molar-refractivity contribution in [3.63, 3.8) is 0 Å². The van der Waals surface area contributed by atoms with Gasteiger partial charge in [-0.2, -0.15) is 0 Å². The Morgan fingerprint density at radius 3 is 2.63 bits per heavy atom. The van der Waals surface area contributed by atoms with Gasteiger partial charge in [0.2, 0.25) is 0 Å². The number of amides is 1. The Bertz CT molecular complexity index is 476. The van der Waals surface area contributed by atoms with Crippen molar-refractivity contribution < 1.29 is 4.79 Å². The van der Waals surface area contributed by atoms with Gasteiger partial charge in [0.05, 0.1) is 0 Å². The lowest BCUT2D eigenvalue weighted by Crippen LogP contribution is -2.46. The van der Waals surface area contributed by atoms with Crippen LogP contribution in [0.5, 0.6) is 0 Å². The van der Waals surface area contributed by atoms with Crippen LogP contribution in [0.3, 0.4) is 0 Å². The summed E-state index contributed by atoms with van der Waals surface area (Å²) in [7, 11) is 0. The van der Waals surface area contributed by atoms with Crippen LogP contribution in [0.1, 0.15) is 28.8 Å². The Morgan fingerprint density at radius 1 is 1.26 bits per heavy atom. The molecule has 2 aliphatic rings. The summed E-state index contributed by atoms with van der Waals surface area (Å²) in [5, 5.41) is 3.27. The lowest BCUT2D eigenvalue weighted by atomic mass is 9.98. The first kappa shape index (κ1) is 12.6. The second-order valence-electron chi connectivity index (χ2n) is 5.74. The molecule has 1 aromatic carbocycles. The Balaban J connectivity index is 1.80. The summed E-state index contributed by atoms with van der Waals surface area (Å²) >= 11 is 0. The zero-order chi connectivity index (χ0) is 13.3. The Morgan fingerprint density at radius 2 is 1.95 bits per heavy atom. The van der Waals surface area contributed by atoms with Crippen molar-refractivity contribution in [1.82, 2.24) is 10.2 Å². The second kappa shape index (κ2) is 4.94. The van der Waals surface area contributed by atoms with Gasteiger partial charge in [0.15, 0.2) is 0 Å². The van der Waals surface area contributed by atoms with Crippen LogP contribution in [0.2, 0.25) is 0 Å². The summed E-state index contributed by atoms with van der Waals surface area (Å²) in [4.78, 5) is 14.5. The average molecular weight is 259 g/mol. The van der Waals surface area contributed by atoms with Gasteiger partial charge < -0.3 is 16.0 Å². The van der Waals surface area contributed by atoms with E-state index in [2.05, 4.69) is 5.32 Å². The maximum Gasteiger partial charge on any atom is 0.254 e. The van der Waals surface area contributed by atoms with Crippen LogP contribution >= 0.6 is 0 Å². The van der Waals surface area contributed by atoms with Crippen LogP contribution in [-0.4, -0.2) is 42.5 Å². The van der Waals surface area contributed by atoms with Crippen molar-refractivity contribution in [2.24, 2.45) is 5.73 Å². The zero-order valence-corrected chi connectivity index (χ0v) is 11.2. The molecule has 1 aliphatic carbocycles. The minimum absolute atomic E-state index is 0.0557. The molecule has 102 valence electrons. The predicted octanol–water partition coefficient (Wildman–Crippen LogP) is 0.766. The van der Waals surface area contributed by atoms with Gasteiger partial charge in [0, 0.05) is 37.3 Å². The highest BCUT2D eigenvalue weighted by molar-refractivity contribution is 5.95. The number of nitrogens with two attached hydrogens (primary N) is 1. The van der Waals surface area contributed by atoms with Crippen molar-refractivity contribution in [3.05, 3.63) is 35.4 Å². The third-order valence-electron chi connectivity index (χ3n) is 4.09. The number of piperazine rings is 1. The monoisotopic (exact) mass is 259 g/mol. The summed E-state index contributed by atoms with van der Waals surface area (Å²) in [6.45, 7) is 3.35. The molecule has 1 aliphatic heterocycles. The van der Waals surface area contributed by atoms with Crippen molar-refractivity contribution in [3.8, 4) is 0 Å². The van der Waals surface area contributed by atoms with Gasteiger partial charge in [-0.25, -0.2) is 0 Å². The van der Waals surface area contributed by atoms with E-state index in [0.717, 1.165) is 56.6 Å². The van der Waals surface area contributed by atoms with E-state index in [0.29, 0.717) is 0 Å². The number of nitrogens with one attached hydrogen (secondary N) is 1. The Kier molecular flexibility index (Phi) is 3.29. The fourth-order valence-electron chi connectivity index (χ4n) is 2.64. The molecule has 1 saturated carbocycles. The quantitative estimate of drug-likeness (QED) is 0.843. The highest BCUT2D eigenvalue weighted by atomic mass is 16.2. The molecule has 1 amide bonds. The molecule has 4 nitrogen and oxygen atoms in total. The molecule has 0 aromatic heterocycles. The van der Waals surface area contributed by atoms with Gasteiger partial charge in [-0.3, -0.25) is 4.79 Å². The molecule has 1 aromatic rings. The van der Waals surface area contributed by atoms with Crippen molar-refractivity contribution in [2.75, 3.05) is 26.2 Å². The van der Waals surface area contributed by atoms with E-state index in [-0.39, 0.29) is 11.4 Å². The van der Waals surface area contributed by atoms with Crippen LogP contribution in [0.15, 0.2) is 24.3 Å². The fraction of sp³-hybridized carbons (Fsp3) is 0.533. The van der Waals surface area contributed by atoms with E-state index in [4.69, 9.17) is 5.73 Å². The molecule has 0 unspecified atom stereocenters. The zero-order valence-electron chi connectivity index (χ0n) is 11.2. The van der Waals surface area contributed by atoms with Crippen LogP contribution < -0.4 is 11.1 Å². The largest absolute Gasteiger partial charge is 0.336 e. The maximum absolute atomic E-state index is 12.6. The summed E-state index contributed by atoms with van der Waals surface area (Å²) < 4.78 is 0. The van der Waals surface area contributed by atoms with E-state index < -0.39 is 0 Å². The molecule has 4 heteroatoms. The fourth-order valence-corrected chi connectivity index (χ4v) is 2.64. The van der Waals surface area contributed by atoms with Gasteiger partial charge in [0.1, 0.15) is 0 Å². The summed E-state index contributed by atoms with van der Waals surface area (Å²) in [5.74, 6) is 0.154. The Hall–Kier alpha value is -1.39. The number of carbonyl (C=O) groups is 1. The predicted molar refractivity (Wildman–Crippen MR) is 75.1 cm³/mol. The van der Waals surface area contributed by atoms with Crippen LogP contribution in [0.4, 0.5) is 0 Å². The van der Waals surface area contributed by atoms with E-state index >= 15 is 0 Å². The van der Waals surface area contributed by atoms with Gasteiger partial charge in [-0.1, -0.05) is 18.2 Å². The van der Waals surface area contributed by atoms with Crippen LogP contribution in [0, 0.1) is 0 Å². The highest BCUT2D eigenvalue weighted by Gasteiger charge is 2.39. The van der Waals surface area contributed by atoms with Crippen molar-refractivity contribution in [2.45, 2.75) is 24.8 Å². The molecular weight excluding hydrogens is 238 g/mol. The summed E-state index contributed by atoms with van der Waals surface area (Å²) in [5.41, 5.74) is 8.07. The molecule has 0 atom stereocenters. The van der Waals surface area contributed by atoms with Crippen LogP contribution in [-0.2, 0) is 6.42 Å². The number of hydrogen-bond acceptors (Lipinski definition) is 3. The van der Waals surface area contributed by atoms with E-state index in [9.17, 15) is 4.79 Å². The first-order valence-electron chi connectivity index (χ1n) is 7.05. The molecule has 19 heavy (non-hydrogen) atoms. The first-order chi connectivity index (χ1) is 9.18. The molecule has 0 bridgehead atoms. The molecule has 0 spiro atoms. The number of benzene rings is 1. The van der Waals surface area contributed by atoms with Crippen molar-refractivity contribution >= 4 is 5.91 Å². The van der Waals surface area contributed by atoms with Gasteiger partial charge in [0.25, 0.3) is 5.91 Å². The van der Waals surface area contributed by atoms with Gasteiger partial charge in [-0.05, 0) is 30.9 Å². The SMILES string of the molecule is NC1(Cc2ccccc2C(=O)N2CCNCC2)CC1. The molecule has 2 fully saturated rings. The normalized spacial score (nSPS) is 21.2. The number of hydrogen-bond donors (Lipinski definition) is 2. The lowest BCUT2D eigenvalue weighted by molar-refractivity contribution is 0.0734. The second-order valence-corrected chi connectivity index (χ2v) is 5.74. The highest BCUT2D eigenvalue weighted by Crippen LogP contribution is 2.36. The average Bonchev–Trinajstić information content (AvgIpc) is 3.17. The molecular formula is C15H21N3O. The van der Waals surface area contributed by atoms with Crippen LogP contribution in [0.25, 0.3) is 0 Å². The molecule has 3 N–H and O–H groups in total. The molecule has 1 heterocycles. The smallest absolute Gasteiger partial charge is 0.254 e. The lowest BCUT2D eigenvalue weighted by Gasteiger charge is -2.28. The van der Waals surface area contributed by atoms with E-state index in [1.165, 1.54) is 0 Å². The van der Waals surface area contributed by atoms with Gasteiger partial charge in [-0.15, -0.1) is 0 Å². The minimum Gasteiger partial charge on any atom is -0.336 e. The van der Waals surface area contributed by atoms with Crippen molar-refractivity contribution in [1.29, 1.82) is 0 Å². The number of nitrogens with zero attached hydrogens (tertiary/aromatic N) is 1. The third-order valence-corrected chi connectivity index (χ3v) is 4.09. The molecule has 1 saturated heterocycles. The Labute approximate surface area is 114 Å². The van der Waals surface area contributed by atoms with E-state index in [1.54, 1.807) is 0 Å². The van der Waals surface area contributed by atoms with E-state index in [1.807, 2.05) is 29.2 Å². The topological polar surface area (TPSA) is 58.4 Å². The molecule has 3 rings (SSSR count). The maximum atomic E-state index is 12.6. The number of carbonyl (C=O) groups excluding carboxylic acids is 1. The summed E-state index contributed by atoms with van der Waals surface area (Å²) in [6.07, 6.45) is 2.97. The first-order valence-corrected chi connectivity index (χ1v) is 7.05. The number of rotatable bonds is 3. The third kappa shape index (κ3) is 2.80. The standard InChI is InChI=1S/C15H21N3O/c16-15(5-6-15)11-12-3-1-2-4-13(12)14(19)18-9-7-17-8-10-18/h1-4,17H,5-11,16H2. The molecule has 0 radical (unpaired) electrons. The van der Waals surface area contributed by atoms with Gasteiger partial charge >= 0.3 is 0 Å². The summed E-state index contributed by atoms with van der Waals surface area (Å²) in [6, 6.07) is 7.92. The minimum atomic E-state index is -0.0557.